The highest BCUT2D eigenvalue weighted by molar-refractivity contribution is 6.29. The highest BCUT2D eigenvalue weighted by Gasteiger charge is 2.20. The smallest absolute Gasteiger partial charge is 0.142 e. The lowest BCUT2D eigenvalue weighted by atomic mass is 10.2. The van der Waals surface area contributed by atoms with E-state index in [0.29, 0.717) is 11.0 Å². The van der Waals surface area contributed by atoms with Gasteiger partial charge in [-0.05, 0) is 19.1 Å². The van der Waals surface area contributed by atoms with Crippen LogP contribution in [0.4, 0.5) is 11.5 Å². The Bertz CT molecular complexity index is 636. The van der Waals surface area contributed by atoms with Crippen molar-refractivity contribution in [2.24, 2.45) is 0 Å². The first-order valence-electron chi connectivity index (χ1n) is 7.31. The van der Waals surface area contributed by atoms with Gasteiger partial charge in [0.1, 0.15) is 22.5 Å². The topological polar surface area (TPSA) is 41.5 Å². The van der Waals surface area contributed by atoms with E-state index in [0.717, 1.165) is 43.4 Å². The fraction of sp³-hybridized carbons (Fsp3) is 0.375. The molecule has 5 nitrogen and oxygen atoms in total. The van der Waals surface area contributed by atoms with E-state index in [9.17, 15) is 0 Å². The SMILES string of the molecule is COc1ccccc1N1CCN(c2cc(Cl)nc(C)n2)CC1. The Labute approximate surface area is 135 Å². The van der Waals surface area contributed by atoms with Crippen molar-refractivity contribution in [2.75, 3.05) is 43.1 Å². The van der Waals surface area contributed by atoms with E-state index in [4.69, 9.17) is 16.3 Å². The molecule has 1 fully saturated rings. The van der Waals surface area contributed by atoms with Crippen LogP contribution in [0, 0.1) is 6.92 Å². The van der Waals surface area contributed by atoms with Gasteiger partial charge < -0.3 is 14.5 Å². The van der Waals surface area contributed by atoms with Gasteiger partial charge in [0.05, 0.1) is 12.8 Å². The Morgan fingerprint density at radius 1 is 1.05 bits per heavy atom. The molecule has 0 aliphatic carbocycles. The number of methoxy groups -OCH3 is 1. The maximum atomic E-state index is 6.03. The van der Waals surface area contributed by atoms with Crippen LogP contribution in [0.15, 0.2) is 30.3 Å². The quantitative estimate of drug-likeness (QED) is 0.814. The molecular formula is C16H19ClN4O. The molecule has 1 aliphatic heterocycles. The van der Waals surface area contributed by atoms with Gasteiger partial charge in [-0.1, -0.05) is 23.7 Å². The van der Waals surface area contributed by atoms with E-state index in [1.165, 1.54) is 0 Å². The molecule has 0 unspecified atom stereocenters. The summed E-state index contributed by atoms with van der Waals surface area (Å²) in [6, 6.07) is 9.95. The molecule has 0 saturated carbocycles. The third kappa shape index (κ3) is 3.09. The van der Waals surface area contributed by atoms with Crippen LogP contribution >= 0.6 is 11.6 Å². The van der Waals surface area contributed by atoms with Crippen molar-refractivity contribution in [3.05, 3.63) is 41.3 Å². The number of rotatable bonds is 3. The Hall–Kier alpha value is -2.01. The normalized spacial score (nSPS) is 15.0. The van der Waals surface area contributed by atoms with Gasteiger partial charge in [-0.15, -0.1) is 0 Å². The van der Waals surface area contributed by atoms with Crippen LogP contribution in [0.1, 0.15) is 5.82 Å². The number of aromatic nitrogens is 2. The van der Waals surface area contributed by atoms with Crippen molar-refractivity contribution < 1.29 is 4.74 Å². The van der Waals surface area contributed by atoms with Gasteiger partial charge in [-0.3, -0.25) is 0 Å². The molecule has 1 aliphatic rings. The van der Waals surface area contributed by atoms with Crippen molar-refractivity contribution in [1.29, 1.82) is 0 Å². The van der Waals surface area contributed by atoms with Gasteiger partial charge in [0.25, 0.3) is 0 Å². The zero-order chi connectivity index (χ0) is 15.5. The molecule has 116 valence electrons. The summed E-state index contributed by atoms with van der Waals surface area (Å²) in [5.74, 6) is 2.52. The van der Waals surface area contributed by atoms with Gasteiger partial charge in [0.2, 0.25) is 0 Å². The minimum atomic E-state index is 0.495. The second-order valence-electron chi connectivity index (χ2n) is 5.24. The second kappa shape index (κ2) is 6.40. The largest absolute Gasteiger partial charge is 0.495 e. The standard InChI is InChI=1S/C16H19ClN4O/c1-12-18-15(17)11-16(19-12)21-9-7-20(8-10-21)13-5-3-4-6-14(13)22-2/h3-6,11H,7-10H2,1-2H3. The molecule has 1 aromatic carbocycles. The summed E-state index contributed by atoms with van der Waals surface area (Å²) in [6.07, 6.45) is 0. The number of hydrogen-bond acceptors (Lipinski definition) is 5. The monoisotopic (exact) mass is 318 g/mol. The number of hydrogen-bond donors (Lipinski definition) is 0. The third-order valence-corrected chi connectivity index (χ3v) is 4.02. The number of piperazine rings is 1. The number of benzene rings is 1. The van der Waals surface area contributed by atoms with Crippen LogP contribution in [0.3, 0.4) is 0 Å². The summed E-state index contributed by atoms with van der Waals surface area (Å²) in [5.41, 5.74) is 1.14. The van der Waals surface area contributed by atoms with Gasteiger partial charge in [-0.2, -0.15) is 0 Å². The van der Waals surface area contributed by atoms with Crippen molar-refractivity contribution in [3.8, 4) is 5.75 Å². The molecule has 1 aromatic heterocycles. The maximum Gasteiger partial charge on any atom is 0.142 e. The Morgan fingerprint density at radius 3 is 2.41 bits per heavy atom. The number of para-hydroxylation sites is 2. The molecule has 0 spiro atoms. The van der Waals surface area contributed by atoms with Crippen molar-refractivity contribution in [3.63, 3.8) is 0 Å². The molecule has 0 N–H and O–H groups in total. The summed E-state index contributed by atoms with van der Waals surface area (Å²) in [7, 11) is 1.71. The summed E-state index contributed by atoms with van der Waals surface area (Å²) in [6.45, 7) is 5.48. The molecule has 3 rings (SSSR count). The predicted molar refractivity (Wildman–Crippen MR) is 89.2 cm³/mol. The third-order valence-electron chi connectivity index (χ3n) is 3.82. The van der Waals surface area contributed by atoms with Crippen LogP contribution in [0.2, 0.25) is 5.15 Å². The molecule has 2 heterocycles. The molecular weight excluding hydrogens is 300 g/mol. The fourth-order valence-electron chi connectivity index (χ4n) is 2.75. The van der Waals surface area contributed by atoms with Crippen LogP contribution in [-0.2, 0) is 0 Å². The first-order valence-corrected chi connectivity index (χ1v) is 7.69. The first-order chi connectivity index (χ1) is 10.7. The van der Waals surface area contributed by atoms with Crippen LogP contribution in [0.5, 0.6) is 5.75 Å². The highest BCUT2D eigenvalue weighted by Crippen LogP contribution is 2.29. The molecule has 22 heavy (non-hydrogen) atoms. The van der Waals surface area contributed by atoms with Crippen molar-refractivity contribution in [2.45, 2.75) is 6.92 Å². The second-order valence-corrected chi connectivity index (χ2v) is 5.63. The van der Waals surface area contributed by atoms with E-state index in [1.54, 1.807) is 7.11 Å². The average molecular weight is 319 g/mol. The first kappa shape index (κ1) is 14.9. The van der Waals surface area contributed by atoms with E-state index < -0.39 is 0 Å². The van der Waals surface area contributed by atoms with Gasteiger partial charge in [0.15, 0.2) is 0 Å². The van der Waals surface area contributed by atoms with Crippen LogP contribution in [-0.4, -0.2) is 43.3 Å². The summed E-state index contributed by atoms with van der Waals surface area (Å²) < 4.78 is 5.45. The summed E-state index contributed by atoms with van der Waals surface area (Å²) >= 11 is 6.03. The molecule has 6 heteroatoms. The fourth-order valence-corrected chi connectivity index (χ4v) is 2.97. The predicted octanol–water partition coefficient (Wildman–Crippen LogP) is 2.77. The van der Waals surface area contributed by atoms with Crippen molar-refractivity contribution in [1.82, 2.24) is 9.97 Å². The van der Waals surface area contributed by atoms with Gasteiger partial charge in [-0.25, -0.2) is 9.97 Å². The Balaban J connectivity index is 1.72. The minimum absolute atomic E-state index is 0.495. The van der Waals surface area contributed by atoms with Crippen LogP contribution in [0.25, 0.3) is 0 Å². The zero-order valence-corrected chi connectivity index (χ0v) is 13.5. The number of anilines is 2. The lowest BCUT2D eigenvalue weighted by Gasteiger charge is -2.37. The highest BCUT2D eigenvalue weighted by atomic mass is 35.5. The maximum absolute atomic E-state index is 6.03. The Kier molecular flexibility index (Phi) is 4.34. The molecule has 2 aromatic rings. The van der Waals surface area contributed by atoms with Gasteiger partial charge in [0, 0.05) is 32.2 Å². The number of ether oxygens (including phenoxy) is 1. The van der Waals surface area contributed by atoms with E-state index in [2.05, 4.69) is 25.8 Å². The molecule has 0 radical (unpaired) electrons. The van der Waals surface area contributed by atoms with Crippen LogP contribution < -0.4 is 14.5 Å². The number of aryl methyl sites for hydroxylation is 1. The van der Waals surface area contributed by atoms with E-state index in [1.807, 2.05) is 31.2 Å². The summed E-state index contributed by atoms with van der Waals surface area (Å²) in [4.78, 5) is 13.2. The Morgan fingerprint density at radius 2 is 1.73 bits per heavy atom. The minimum Gasteiger partial charge on any atom is -0.495 e. The number of nitrogens with zero attached hydrogens (tertiary/aromatic N) is 4. The lowest BCUT2D eigenvalue weighted by molar-refractivity contribution is 0.413. The molecule has 0 amide bonds. The van der Waals surface area contributed by atoms with E-state index >= 15 is 0 Å². The zero-order valence-electron chi connectivity index (χ0n) is 12.8. The van der Waals surface area contributed by atoms with E-state index in [-0.39, 0.29) is 0 Å². The number of halogens is 1. The van der Waals surface area contributed by atoms with Gasteiger partial charge >= 0.3 is 0 Å². The molecule has 1 saturated heterocycles. The van der Waals surface area contributed by atoms with Crippen molar-refractivity contribution >= 4 is 23.1 Å². The average Bonchev–Trinajstić information content (AvgIpc) is 2.54. The molecule has 0 atom stereocenters. The lowest BCUT2D eigenvalue weighted by Crippen LogP contribution is -2.47. The molecule has 0 bridgehead atoms. The summed E-state index contributed by atoms with van der Waals surface area (Å²) in [5, 5.41) is 0.495.